The first-order valence-corrected chi connectivity index (χ1v) is 6.87. The van der Waals surface area contributed by atoms with Crippen molar-refractivity contribution in [2.45, 2.75) is 26.2 Å². The Labute approximate surface area is 108 Å². The smallest absolute Gasteiger partial charge is 0.227 e. The van der Waals surface area contributed by atoms with Gasteiger partial charge in [-0.15, -0.1) is 0 Å². The zero-order chi connectivity index (χ0) is 13.1. The number of carbonyl (C=O) groups is 2. The quantitative estimate of drug-likeness (QED) is 0.725. The minimum Gasteiger partial charge on any atom is -0.355 e. The molecule has 0 aromatic rings. The van der Waals surface area contributed by atoms with Gasteiger partial charge in [-0.3, -0.25) is 9.59 Å². The molecule has 0 spiro atoms. The van der Waals surface area contributed by atoms with E-state index in [9.17, 15) is 9.59 Å². The molecule has 2 saturated heterocycles. The summed E-state index contributed by atoms with van der Waals surface area (Å²) in [5.41, 5.74) is 5.76. The highest BCUT2D eigenvalue weighted by molar-refractivity contribution is 5.83. The summed E-state index contributed by atoms with van der Waals surface area (Å²) < 4.78 is 0. The second-order valence-electron chi connectivity index (χ2n) is 5.59. The van der Waals surface area contributed by atoms with E-state index in [0.29, 0.717) is 37.8 Å². The Kier molecular flexibility index (Phi) is 4.22. The first kappa shape index (κ1) is 13.3. The number of rotatable bonds is 2. The largest absolute Gasteiger partial charge is 0.355 e. The Hall–Kier alpha value is -1.10. The van der Waals surface area contributed by atoms with E-state index in [1.807, 2.05) is 4.90 Å². The van der Waals surface area contributed by atoms with E-state index in [4.69, 9.17) is 5.73 Å². The highest BCUT2D eigenvalue weighted by Gasteiger charge is 2.33. The molecule has 2 heterocycles. The molecule has 2 fully saturated rings. The third-order valence-electron chi connectivity index (χ3n) is 4.34. The molecule has 2 amide bonds. The minimum atomic E-state index is -0.0328. The number of carbonyl (C=O) groups excluding carboxylic acids is 2. The van der Waals surface area contributed by atoms with Gasteiger partial charge in [-0.25, -0.2) is 0 Å². The summed E-state index contributed by atoms with van der Waals surface area (Å²) in [6, 6.07) is 0. The van der Waals surface area contributed by atoms with Crippen molar-refractivity contribution in [1.29, 1.82) is 0 Å². The first-order valence-electron chi connectivity index (χ1n) is 6.87. The summed E-state index contributed by atoms with van der Waals surface area (Å²) >= 11 is 0. The summed E-state index contributed by atoms with van der Waals surface area (Å²) in [6.07, 6.45) is 2.19. The number of nitrogens with one attached hydrogen (secondary N) is 1. The summed E-state index contributed by atoms with van der Waals surface area (Å²) in [5, 5.41) is 2.77. The van der Waals surface area contributed by atoms with Crippen LogP contribution in [-0.2, 0) is 9.59 Å². The number of piperidine rings is 2. The van der Waals surface area contributed by atoms with Gasteiger partial charge in [-0.05, 0) is 31.2 Å². The van der Waals surface area contributed by atoms with Gasteiger partial charge in [0.25, 0.3) is 0 Å². The van der Waals surface area contributed by atoms with Crippen LogP contribution in [0.5, 0.6) is 0 Å². The Morgan fingerprint density at radius 3 is 2.89 bits per heavy atom. The van der Waals surface area contributed by atoms with Crippen LogP contribution in [0.1, 0.15) is 26.2 Å². The number of hydrogen-bond acceptors (Lipinski definition) is 3. The van der Waals surface area contributed by atoms with E-state index < -0.39 is 0 Å². The Bertz CT molecular complexity index is 322. The minimum absolute atomic E-state index is 0.0328. The maximum atomic E-state index is 12.4. The van der Waals surface area contributed by atoms with Crippen molar-refractivity contribution in [3.05, 3.63) is 0 Å². The third kappa shape index (κ3) is 2.83. The molecule has 5 nitrogen and oxygen atoms in total. The zero-order valence-corrected chi connectivity index (χ0v) is 11.0. The van der Waals surface area contributed by atoms with Crippen LogP contribution in [-0.4, -0.2) is 42.9 Å². The first-order chi connectivity index (χ1) is 8.61. The molecule has 102 valence electrons. The molecule has 0 aliphatic carbocycles. The zero-order valence-electron chi connectivity index (χ0n) is 11.0. The summed E-state index contributed by atoms with van der Waals surface area (Å²) in [6.45, 7) is 4.96. The fourth-order valence-electron chi connectivity index (χ4n) is 2.86. The van der Waals surface area contributed by atoms with Crippen molar-refractivity contribution < 1.29 is 9.59 Å². The van der Waals surface area contributed by atoms with Crippen LogP contribution in [0.25, 0.3) is 0 Å². The van der Waals surface area contributed by atoms with Crippen LogP contribution in [0.2, 0.25) is 0 Å². The van der Waals surface area contributed by atoms with Crippen LogP contribution in [0.15, 0.2) is 0 Å². The Balaban J connectivity index is 1.91. The molecule has 0 saturated carbocycles. The molecule has 3 atom stereocenters. The third-order valence-corrected chi connectivity index (χ3v) is 4.34. The predicted molar refractivity (Wildman–Crippen MR) is 68.6 cm³/mol. The summed E-state index contributed by atoms with van der Waals surface area (Å²) in [4.78, 5) is 25.4. The van der Waals surface area contributed by atoms with E-state index >= 15 is 0 Å². The van der Waals surface area contributed by atoms with Crippen LogP contribution in [0.3, 0.4) is 0 Å². The molecule has 0 aromatic heterocycles. The average molecular weight is 253 g/mol. The second-order valence-corrected chi connectivity index (χ2v) is 5.59. The lowest BCUT2D eigenvalue weighted by molar-refractivity contribution is -0.139. The molecule has 3 N–H and O–H groups in total. The van der Waals surface area contributed by atoms with Gasteiger partial charge in [-0.1, -0.05) is 6.92 Å². The van der Waals surface area contributed by atoms with Crippen molar-refractivity contribution in [2.75, 3.05) is 26.2 Å². The second kappa shape index (κ2) is 5.69. The normalized spacial score (nSPS) is 33.1. The average Bonchev–Trinajstić information content (AvgIpc) is 2.39. The van der Waals surface area contributed by atoms with Gasteiger partial charge in [0.05, 0.1) is 5.92 Å². The standard InChI is InChI=1S/C13H23N3O2/c1-9-4-5-16(8-11(9)6-14)13(18)10-2-3-12(17)15-7-10/h9-11H,2-8,14H2,1H3,(H,15,17). The van der Waals surface area contributed by atoms with E-state index in [0.717, 1.165) is 19.5 Å². The fourth-order valence-corrected chi connectivity index (χ4v) is 2.86. The van der Waals surface area contributed by atoms with Crippen molar-refractivity contribution in [2.24, 2.45) is 23.5 Å². The lowest BCUT2D eigenvalue weighted by Gasteiger charge is -2.38. The molecule has 18 heavy (non-hydrogen) atoms. The maximum absolute atomic E-state index is 12.4. The number of hydrogen-bond donors (Lipinski definition) is 2. The maximum Gasteiger partial charge on any atom is 0.227 e. The monoisotopic (exact) mass is 253 g/mol. The molecular formula is C13H23N3O2. The van der Waals surface area contributed by atoms with Gasteiger partial charge < -0.3 is 16.0 Å². The lowest BCUT2D eigenvalue weighted by Crippen LogP contribution is -2.50. The lowest BCUT2D eigenvalue weighted by atomic mass is 9.86. The molecular weight excluding hydrogens is 230 g/mol. The van der Waals surface area contributed by atoms with Crippen molar-refractivity contribution in [3.63, 3.8) is 0 Å². The molecule has 2 rings (SSSR count). The molecule has 3 unspecified atom stereocenters. The van der Waals surface area contributed by atoms with Gasteiger partial charge in [-0.2, -0.15) is 0 Å². The number of amides is 2. The van der Waals surface area contributed by atoms with Crippen LogP contribution in [0, 0.1) is 17.8 Å². The van der Waals surface area contributed by atoms with Crippen molar-refractivity contribution >= 4 is 11.8 Å². The number of nitrogens with two attached hydrogens (primary N) is 1. The molecule has 0 bridgehead atoms. The fraction of sp³-hybridized carbons (Fsp3) is 0.846. The summed E-state index contributed by atoms with van der Waals surface area (Å²) in [5.74, 6) is 1.24. The molecule has 2 aliphatic rings. The molecule has 5 heteroatoms. The van der Waals surface area contributed by atoms with Gasteiger partial charge in [0.15, 0.2) is 0 Å². The van der Waals surface area contributed by atoms with Gasteiger partial charge >= 0.3 is 0 Å². The Morgan fingerprint density at radius 1 is 1.50 bits per heavy atom. The SMILES string of the molecule is CC1CCN(C(=O)C2CCC(=O)NC2)CC1CN. The van der Waals surface area contributed by atoms with E-state index in [-0.39, 0.29) is 17.7 Å². The summed E-state index contributed by atoms with van der Waals surface area (Å²) in [7, 11) is 0. The molecule has 2 aliphatic heterocycles. The van der Waals surface area contributed by atoms with E-state index in [1.165, 1.54) is 0 Å². The number of likely N-dealkylation sites (tertiary alicyclic amines) is 1. The highest BCUT2D eigenvalue weighted by Crippen LogP contribution is 2.24. The van der Waals surface area contributed by atoms with Crippen LogP contribution in [0.4, 0.5) is 0 Å². The van der Waals surface area contributed by atoms with Crippen molar-refractivity contribution in [3.8, 4) is 0 Å². The van der Waals surface area contributed by atoms with Gasteiger partial charge in [0, 0.05) is 26.1 Å². The number of nitrogens with zero attached hydrogens (tertiary/aromatic N) is 1. The van der Waals surface area contributed by atoms with Gasteiger partial charge in [0.1, 0.15) is 0 Å². The van der Waals surface area contributed by atoms with Gasteiger partial charge in [0.2, 0.25) is 11.8 Å². The molecule has 0 radical (unpaired) electrons. The van der Waals surface area contributed by atoms with Crippen molar-refractivity contribution in [1.82, 2.24) is 10.2 Å². The van der Waals surface area contributed by atoms with Crippen LogP contribution < -0.4 is 11.1 Å². The highest BCUT2D eigenvalue weighted by atomic mass is 16.2. The molecule has 0 aromatic carbocycles. The van der Waals surface area contributed by atoms with Crippen LogP contribution >= 0.6 is 0 Å². The van der Waals surface area contributed by atoms with E-state index in [1.54, 1.807) is 0 Å². The predicted octanol–water partition coefficient (Wildman–Crippen LogP) is -0.0441. The van der Waals surface area contributed by atoms with E-state index in [2.05, 4.69) is 12.2 Å². The Morgan fingerprint density at radius 2 is 2.28 bits per heavy atom. The topological polar surface area (TPSA) is 75.4 Å².